The summed E-state index contributed by atoms with van der Waals surface area (Å²) >= 11 is 0. The molecular formula is C14H22N2. The summed E-state index contributed by atoms with van der Waals surface area (Å²) in [5.74, 6) is 2.82. The summed E-state index contributed by atoms with van der Waals surface area (Å²) in [5.41, 5.74) is 2.69. The Kier molecular flexibility index (Phi) is 3.17. The highest BCUT2D eigenvalue weighted by atomic mass is 15.2. The van der Waals surface area contributed by atoms with Crippen LogP contribution in [-0.2, 0) is 0 Å². The lowest BCUT2D eigenvalue weighted by atomic mass is 9.95. The molecule has 0 aliphatic carbocycles. The van der Waals surface area contributed by atoms with Crippen LogP contribution in [0.5, 0.6) is 0 Å². The average Bonchev–Trinajstić information content (AvgIpc) is 2.71. The van der Waals surface area contributed by atoms with Gasteiger partial charge in [-0.25, -0.2) is 4.98 Å². The molecule has 0 amide bonds. The monoisotopic (exact) mass is 218 g/mol. The third-order valence-corrected chi connectivity index (χ3v) is 3.92. The molecule has 0 N–H and O–H groups in total. The maximum Gasteiger partial charge on any atom is 0.131 e. The van der Waals surface area contributed by atoms with Crippen molar-refractivity contribution in [2.24, 2.45) is 11.8 Å². The maximum atomic E-state index is 4.54. The molecule has 1 saturated heterocycles. The predicted molar refractivity (Wildman–Crippen MR) is 68.9 cm³/mol. The fourth-order valence-electron chi connectivity index (χ4n) is 2.46. The molecule has 1 aliphatic rings. The Morgan fingerprint density at radius 1 is 1.38 bits per heavy atom. The van der Waals surface area contributed by atoms with E-state index in [9.17, 15) is 0 Å². The van der Waals surface area contributed by atoms with Gasteiger partial charge in [-0.2, -0.15) is 0 Å². The molecule has 1 atom stereocenters. The summed E-state index contributed by atoms with van der Waals surface area (Å²) < 4.78 is 0. The van der Waals surface area contributed by atoms with E-state index in [1.165, 1.54) is 36.5 Å². The van der Waals surface area contributed by atoms with Crippen molar-refractivity contribution >= 4 is 5.82 Å². The molecule has 1 unspecified atom stereocenters. The second kappa shape index (κ2) is 4.44. The second-order valence-electron chi connectivity index (χ2n) is 5.32. The van der Waals surface area contributed by atoms with Crippen molar-refractivity contribution in [1.29, 1.82) is 0 Å². The Hall–Kier alpha value is -1.05. The Morgan fingerprint density at radius 2 is 2.12 bits per heavy atom. The highest BCUT2D eigenvalue weighted by molar-refractivity contribution is 5.50. The van der Waals surface area contributed by atoms with Crippen LogP contribution in [-0.4, -0.2) is 18.1 Å². The topological polar surface area (TPSA) is 16.1 Å². The van der Waals surface area contributed by atoms with Crippen molar-refractivity contribution in [2.45, 2.75) is 34.1 Å². The van der Waals surface area contributed by atoms with E-state index < -0.39 is 0 Å². The van der Waals surface area contributed by atoms with Gasteiger partial charge in [0, 0.05) is 19.3 Å². The van der Waals surface area contributed by atoms with Crippen LogP contribution in [0, 0.1) is 25.7 Å². The van der Waals surface area contributed by atoms with Gasteiger partial charge < -0.3 is 4.90 Å². The van der Waals surface area contributed by atoms with Crippen molar-refractivity contribution < 1.29 is 0 Å². The van der Waals surface area contributed by atoms with Crippen LogP contribution in [0.25, 0.3) is 0 Å². The minimum atomic E-state index is 0.787. The number of hydrogen-bond acceptors (Lipinski definition) is 2. The molecule has 1 aromatic rings. The molecule has 1 aliphatic heterocycles. The fraction of sp³-hybridized carbons (Fsp3) is 0.643. The zero-order chi connectivity index (χ0) is 11.7. The normalized spacial score (nSPS) is 20.8. The zero-order valence-electron chi connectivity index (χ0n) is 10.8. The van der Waals surface area contributed by atoms with Gasteiger partial charge in [-0.1, -0.05) is 13.8 Å². The van der Waals surface area contributed by atoms with Crippen LogP contribution in [0.15, 0.2) is 12.3 Å². The minimum Gasteiger partial charge on any atom is -0.356 e. The van der Waals surface area contributed by atoms with E-state index in [4.69, 9.17) is 0 Å². The first-order valence-electron chi connectivity index (χ1n) is 6.26. The maximum absolute atomic E-state index is 4.54. The smallest absolute Gasteiger partial charge is 0.131 e. The van der Waals surface area contributed by atoms with Gasteiger partial charge in [0.1, 0.15) is 5.82 Å². The van der Waals surface area contributed by atoms with E-state index in [-0.39, 0.29) is 0 Å². The van der Waals surface area contributed by atoms with E-state index in [0.29, 0.717) is 0 Å². The Morgan fingerprint density at radius 3 is 2.75 bits per heavy atom. The lowest BCUT2D eigenvalue weighted by molar-refractivity contribution is 0.422. The van der Waals surface area contributed by atoms with Crippen LogP contribution in [0.2, 0.25) is 0 Å². The standard InChI is InChI=1S/C14H22N2/c1-10(2)13-6-8-16(9-13)14-12(4)11(3)5-7-15-14/h5,7,10,13H,6,8-9H2,1-4H3. The van der Waals surface area contributed by atoms with Crippen LogP contribution >= 0.6 is 0 Å². The first kappa shape index (κ1) is 11.4. The number of aromatic nitrogens is 1. The molecule has 1 aromatic heterocycles. The van der Waals surface area contributed by atoms with Crippen LogP contribution in [0.4, 0.5) is 5.82 Å². The molecule has 0 radical (unpaired) electrons. The van der Waals surface area contributed by atoms with Gasteiger partial charge in [0.25, 0.3) is 0 Å². The minimum absolute atomic E-state index is 0.787. The Labute approximate surface area is 98.7 Å². The van der Waals surface area contributed by atoms with E-state index in [1.807, 2.05) is 6.20 Å². The first-order chi connectivity index (χ1) is 7.59. The van der Waals surface area contributed by atoms with Crippen LogP contribution in [0.3, 0.4) is 0 Å². The summed E-state index contributed by atoms with van der Waals surface area (Å²) in [7, 11) is 0. The van der Waals surface area contributed by atoms with E-state index >= 15 is 0 Å². The SMILES string of the molecule is Cc1ccnc(N2CCC(C(C)C)C2)c1C. The van der Waals surface area contributed by atoms with Crippen molar-refractivity contribution in [2.75, 3.05) is 18.0 Å². The third kappa shape index (κ3) is 2.06. The van der Waals surface area contributed by atoms with Crippen LogP contribution in [0.1, 0.15) is 31.4 Å². The number of hydrogen-bond donors (Lipinski definition) is 0. The number of aryl methyl sites for hydroxylation is 1. The third-order valence-electron chi connectivity index (χ3n) is 3.92. The van der Waals surface area contributed by atoms with E-state index in [2.05, 4.69) is 43.6 Å². The van der Waals surface area contributed by atoms with Crippen molar-refractivity contribution in [1.82, 2.24) is 4.98 Å². The van der Waals surface area contributed by atoms with E-state index in [1.54, 1.807) is 0 Å². The summed E-state index contributed by atoms with van der Waals surface area (Å²) in [5, 5.41) is 0. The lowest BCUT2D eigenvalue weighted by Gasteiger charge is -2.21. The largest absolute Gasteiger partial charge is 0.356 e. The molecule has 88 valence electrons. The molecule has 0 aromatic carbocycles. The summed E-state index contributed by atoms with van der Waals surface area (Å²) in [6.45, 7) is 11.3. The molecule has 0 bridgehead atoms. The number of nitrogens with zero attached hydrogens (tertiary/aromatic N) is 2. The van der Waals surface area contributed by atoms with Gasteiger partial charge in [0.2, 0.25) is 0 Å². The number of rotatable bonds is 2. The zero-order valence-corrected chi connectivity index (χ0v) is 10.8. The number of pyridine rings is 1. The van der Waals surface area contributed by atoms with Crippen molar-refractivity contribution in [3.8, 4) is 0 Å². The summed E-state index contributed by atoms with van der Waals surface area (Å²) in [4.78, 5) is 6.99. The quantitative estimate of drug-likeness (QED) is 0.758. The molecule has 1 fully saturated rings. The van der Waals surface area contributed by atoms with Gasteiger partial charge in [-0.3, -0.25) is 0 Å². The van der Waals surface area contributed by atoms with Gasteiger partial charge in [-0.05, 0) is 49.3 Å². The molecule has 2 heterocycles. The molecule has 16 heavy (non-hydrogen) atoms. The van der Waals surface area contributed by atoms with Gasteiger partial charge >= 0.3 is 0 Å². The molecule has 2 heteroatoms. The van der Waals surface area contributed by atoms with E-state index in [0.717, 1.165) is 11.8 Å². The van der Waals surface area contributed by atoms with Gasteiger partial charge in [0.05, 0.1) is 0 Å². The Balaban J connectivity index is 2.17. The molecule has 0 saturated carbocycles. The average molecular weight is 218 g/mol. The van der Waals surface area contributed by atoms with Gasteiger partial charge in [0.15, 0.2) is 0 Å². The van der Waals surface area contributed by atoms with Crippen molar-refractivity contribution in [3.63, 3.8) is 0 Å². The second-order valence-corrected chi connectivity index (χ2v) is 5.32. The molecule has 2 rings (SSSR count). The molecular weight excluding hydrogens is 196 g/mol. The summed E-state index contributed by atoms with van der Waals surface area (Å²) in [6.07, 6.45) is 3.24. The fourth-order valence-corrected chi connectivity index (χ4v) is 2.46. The van der Waals surface area contributed by atoms with Crippen molar-refractivity contribution in [3.05, 3.63) is 23.4 Å². The number of anilines is 1. The molecule has 0 spiro atoms. The van der Waals surface area contributed by atoms with Gasteiger partial charge in [-0.15, -0.1) is 0 Å². The first-order valence-corrected chi connectivity index (χ1v) is 6.26. The van der Waals surface area contributed by atoms with Crippen LogP contribution < -0.4 is 4.90 Å². The molecule has 2 nitrogen and oxygen atoms in total. The summed E-state index contributed by atoms with van der Waals surface area (Å²) in [6, 6.07) is 2.09. The highest BCUT2D eigenvalue weighted by Crippen LogP contribution is 2.29. The highest BCUT2D eigenvalue weighted by Gasteiger charge is 2.26. The lowest BCUT2D eigenvalue weighted by Crippen LogP contribution is -2.23. The Bertz CT molecular complexity index is 371. The predicted octanol–water partition coefficient (Wildman–Crippen LogP) is 3.18.